The lowest BCUT2D eigenvalue weighted by Crippen LogP contribution is -2.21. The number of nitrogens with zero attached hydrogens (tertiary/aromatic N) is 2. The van der Waals surface area contributed by atoms with Crippen LogP contribution in [0.2, 0.25) is 0 Å². The van der Waals surface area contributed by atoms with E-state index in [1.807, 2.05) is 67.7 Å². The van der Waals surface area contributed by atoms with Crippen molar-refractivity contribution in [3.63, 3.8) is 0 Å². The summed E-state index contributed by atoms with van der Waals surface area (Å²) in [6, 6.07) is 22.2. The fraction of sp³-hybridized carbons (Fsp3) is 0.357. The SMILES string of the molecule is CNc1cc(C(C)(C)C)cc(NC(=O)Nc2ccc(Oc3ccnc(Cc4cc(OC)cc(OCCOCCOCCOC)c4)n3)c3ccccc23)c1OC. The standard InChI is InChI=1S/C42H51N5O8/c1-42(2,3)29-25-35(43-4)40(51-7)36(26-29)46-41(48)45-34-12-13-37(33-11-9-8-10-32(33)34)55-39-14-15-44-38(47-39)24-28-22-30(50-6)27-31(23-28)54-21-20-53-19-18-52-17-16-49-5/h8-15,22-23,25-27,43H,16-21,24H2,1-7H3,(H2,45,46,48). The summed E-state index contributed by atoms with van der Waals surface area (Å²) in [4.78, 5) is 22.6. The third kappa shape index (κ3) is 11.4. The fourth-order valence-electron chi connectivity index (χ4n) is 5.74. The van der Waals surface area contributed by atoms with Crippen LogP contribution in [0.5, 0.6) is 28.9 Å². The minimum atomic E-state index is -0.412. The highest BCUT2D eigenvalue weighted by molar-refractivity contribution is 6.08. The molecule has 0 saturated heterocycles. The first-order valence-corrected chi connectivity index (χ1v) is 18.1. The van der Waals surface area contributed by atoms with Gasteiger partial charge in [0.1, 0.15) is 29.7 Å². The molecule has 0 atom stereocenters. The average molecular weight is 754 g/mol. The first-order valence-electron chi connectivity index (χ1n) is 18.1. The summed E-state index contributed by atoms with van der Waals surface area (Å²) in [6.07, 6.45) is 2.08. The molecule has 5 rings (SSSR count). The number of carbonyl (C=O) groups excluding carboxylic acids is 1. The van der Waals surface area contributed by atoms with Crippen LogP contribution in [0.1, 0.15) is 37.7 Å². The van der Waals surface area contributed by atoms with Gasteiger partial charge in [-0.1, -0.05) is 45.0 Å². The first kappa shape index (κ1) is 40.6. The number of ether oxygens (including phenoxy) is 7. The van der Waals surface area contributed by atoms with Gasteiger partial charge in [0.15, 0.2) is 5.75 Å². The van der Waals surface area contributed by atoms with Gasteiger partial charge >= 0.3 is 6.03 Å². The van der Waals surface area contributed by atoms with Gasteiger partial charge in [-0.05, 0) is 52.9 Å². The number of fused-ring (bicyclic) bond motifs is 1. The van der Waals surface area contributed by atoms with Crippen molar-refractivity contribution >= 4 is 33.9 Å². The highest BCUT2D eigenvalue weighted by Crippen LogP contribution is 2.39. The second-order valence-corrected chi connectivity index (χ2v) is 13.5. The van der Waals surface area contributed by atoms with E-state index < -0.39 is 6.03 Å². The van der Waals surface area contributed by atoms with E-state index in [9.17, 15) is 4.79 Å². The Bertz CT molecular complexity index is 2030. The average Bonchev–Trinajstić information content (AvgIpc) is 3.17. The number of hydrogen-bond acceptors (Lipinski definition) is 11. The number of amides is 2. The zero-order chi connectivity index (χ0) is 39.2. The first-order chi connectivity index (χ1) is 26.6. The Hall–Kier alpha value is -5.63. The molecule has 1 aromatic heterocycles. The molecule has 0 radical (unpaired) electrons. The Morgan fingerprint density at radius 2 is 1.42 bits per heavy atom. The zero-order valence-corrected chi connectivity index (χ0v) is 32.6. The van der Waals surface area contributed by atoms with Crippen molar-refractivity contribution in [1.29, 1.82) is 0 Å². The maximum atomic E-state index is 13.4. The Morgan fingerprint density at radius 1 is 0.727 bits per heavy atom. The van der Waals surface area contributed by atoms with Crippen LogP contribution in [-0.4, -0.2) is 84.0 Å². The molecule has 0 spiro atoms. The summed E-state index contributed by atoms with van der Waals surface area (Å²) in [5.41, 5.74) is 3.75. The number of methoxy groups -OCH3 is 3. The number of aromatic nitrogens is 2. The van der Waals surface area contributed by atoms with Crippen molar-refractivity contribution < 1.29 is 38.0 Å². The maximum absolute atomic E-state index is 13.4. The molecule has 4 aromatic carbocycles. The van der Waals surface area contributed by atoms with Crippen LogP contribution in [0.15, 0.2) is 79.0 Å². The summed E-state index contributed by atoms with van der Waals surface area (Å²) >= 11 is 0. The van der Waals surface area contributed by atoms with E-state index in [0.717, 1.165) is 27.6 Å². The lowest BCUT2D eigenvalue weighted by atomic mass is 9.86. The summed E-state index contributed by atoms with van der Waals surface area (Å²) < 4.78 is 39.4. The molecule has 0 unspecified atom stereocenters. The van der Waals surface area contributed by atoms with Gasteiger partial charge in [-0.25, -0.2) is 9.78 Å². The van der Waals surface area contributed by atoms with Gasteiger partial charge in [-0.3, -0.25) is 0 Å². The molecule has 0 bridgehead atoms. The van der Waals surface area contributed by atoms with Crippen LogP contribution in [0.4, 0.5) is 21.9 Å². The van der Waals surface area contributed by atoms with E-state index in [4.69, 9.17) is 38.1 Å². The van der Waals surface area contributed by atoms with Crippen molar-refractivity contribution in [3.8, 4) is 28.9 Å². The molecule has 55 heavy (non-hydrogen) atoms. The van der Waals surface area contributed by atoms with Crippen LogP contribution in [0, 0.1) is 0 Å². The van der Waals surface area contributed by atoms with Gasteiger partial charge in [0.2, 0.25) is 5.88 Å². The molecule has 0 saturated carbocycles. The summed E-state index contributed by atoms with van der Waals surface area (Å²) in [5.74, 6) is 3.35. The molecule has 0 fully saturated rings. The Labute approximate surface area is 322 Å². The van der Waals surface area contributed by atoms with Crippen molar-refractivity contribution in [1.82, 2.24) is 9.97 Å². The van der Waals surface area contributed by atoms with Gasteiger partial charge in [-0.2, -0.15) is 4.98 Å². The second kappa shape index (κ2) is 19.6. The molecule has 0 aliphatic heterocycles. The summed E-state index contributed by atoms with van der Waals surface area (Å²) in [6.45, 7) is 9.20. The number of urea groups is 1. The van der Waals surface area contributed by atoms with Crippen molar-refractivity contribution in [2.24, 2.45) is 0 Å². The van der Waals surface area contributed by atoms with Crippen molar-refractivity contribution in [3.05, 3.63) is 95.9 Å². The number of benzene rings is 4. The molecular formula is C42H51N5O8. The van der Waals surface area contributed by atoms with Crippen LogP contribution in [-0.2, 0) is 26.0 Å². The molecule has 13 nitrogen and oxygen atoms in total. The van der Waals surface area contributed by atoms with E-state index in [-0.39, 0.29) is 5.41 Å². The third-order valence-corrected chi connectivity index (χ3v) is 8.54. The van der Waals surface area contributed by atoms with Gasteiger partial charge < -0.3 is 49.1 Å². The summed E-state index contributed by atoms with van der Waals surface area (Å²) in [7, 11) is 6.65. The largest absolute Gasteiger partial charge is 0.497 e. The number of anilines is 3. The predicted molar refractivity (Wildman–Crippen MR) is 215 cm³/mol. The molecule has 3 N–H and O–H groups in total. The molecule has 2 amide bonds. The second-order valence-electron chi connectivity index (χ2n) is 13.5. The minimum Gasteiger partial charge on any atom is -0.497 e. The lowest BCUT2D eigenvalue weighted by molar-refractivity contribution is 0.0179. The molecular weight excluding hydrogens is 702 g/mol. The Kier molecular flexibility index (Phi) is 14.5. The van der Waals surface area contributed by atoms with Crippen LogP contribution in [0.25, 0.3) is 10.8 Å². The Morgan fingerprint density at radius 3 is 2.13 bits per heavy atom. The van der Waals surface area contributed by atoms with E-state index in [0.29, 0.717) is 92.1 Å². The van der Waals surface area contributed by atoms with E-state index in [2.05, 4.69) is 41.7 Å². The zero-order valence-electron chi connectivity index (χ0n) is 32.6. The molecule has 0 aliphatic rings. The smallest absolute Gasteiger partial charge is 0.323 e. The monoisotopic (exact) mass is 753 g/mol. The van der Waals surface area contributed by atoms with Crippen LogP contribution in [0.3, 0.4) is 0 Å². The van der Waals surface area contributed by atoms with Gasteiger partial charge in [-0.15, -0.1) is 0 Å². The normalized spacial score (nSPS) is 11.3. The highest BCUT2D eigenvalue weighted by atomic mass is 16.6. The molecule has 13 heteroatoms. The minimum absolute atomic E-state index is 0.147. The van der Waals surface area contributed by atoms with E-state index in [1.165, 1.54) is 0 Å². The Balaban J connectivity index is 1.26. The molecule has 0 aliphatic carbocycles. The van der Waals surface area contributed by atoms with Crippen LogP contribution >= 0.6 is 0 Å². The van der Waals surface area contributed by atoms with Crippen molar-refractivity contribution in [2.75, 3.05) is 84.0 Å². The third-order valence-electron chi connectivity index (χ3n) is 8.54. The quantitative estimate of drug-likeness (QED) is 0.0705. The topological polar surface area (TPSA) is 144 Å². The number of carbonyl (C=O) groups is 1. The highest BCUT2D eigenvalue weighted by Gasteiger charge is 2.21. The predicted octanol–water partition coefficient (Wildman–Crippen LogP) is 8.07. The maximum Gasteiger partial charge on any atom is 0.323 e. The van der Waals surface area contributed by atoms with Gasteiger partial charge in [0.25, 0.3) is 0 Å². The van der Waals surface area contributed by atoms with Gasteiger partial charge in [0.05, 0.1) is 64.3 Å². The number of hydrogen-bond donors (Lipinski definition) is 3. The molecule has 1 heterocycles. The van der Waals surface area contributed by atoms with Crippen LogP contribution < -0.4 is 34.9 Å². The van der Waals surface area contributed by atoms with Gasteiger partial charge in [0, 0.05) is 49.7 Å². The van der Waals surface area contributed by atoms with E-state index >= 15 is 0 Å². The van der Waals surface area contributed by atoms with E-state index in [1.54, 1.807) is 39.7 Å². The van der Waals surface area contributed by atoms with Crippen molar-refractivity contribution in [2.45, 2.75) is 32.6 Å². The fourth-order valence-corrected chi connectivity index (χ4v) is 5.74. The molecule has 5 aromatic rings. The molecule has 292 valence electrons. The lowest BCUT2D eigenvalue weighted by Gasteiger charge is -2.23. The number of rotatable bonds is 19. The number of nitrogens with one attached hydrogen (secondary N) is 3. The summed E-state index contributed by atoms with van der Waals surface area (Å²) in [5, 5.41) is 10.8.